The average Bonchev–Trinajstić information content (AvgIpc) is 2.87. The average molecular weight is 260 g/mol. The Labute approximate surface area is 111 Å². The third-order valence-electron chi connectivity index (χ3n) is 2.78. The van der Waals surface area contributed by atoms with Crippen molar-refractivity contribution in [2.75, 3.05) is 7.11 Å². The highest BCUT2D eigenvalue weighted by Crippen LogP contribution is 2.27. The van der Waals surface area contributed by atoms with E-state index in [1.54, 1.807) is 7.11 Å². The van der Waals surface area contributed by atoms with Crippen LogP contribution in [0.4, 0.5) is 0 Å². The number of benzene rings is 1. The third-order valence-corrected chi connectivity index (χ3v) is 3.68. The summed E-state index contributed by atoms with van der Waals surface area (Å²) < 4.78 is 5.20. The Morgan fingerprint density at radius 1 is 1.33 bits per heavy atom. The lowest BCUT2D eigenvalue weighted by Gasteiger charge is -2.04. The molecule has 0 bridgehead atoms. The zero-order valence-electron chi connectivity index (χ0n) is 10.6. The van der Waals surface area contributed by atoms with Crippen molar-refractivity contribution in [3.8, 4) is 5.75 Å². The van der Waals surface area contributed by atoms with E-state index in [0.717, 1.165) is 18.4 Å². The second kappa shape index (κ2) is 5.83. The fraction of sp³-hybridized carbons (Fsp3) is 0.267. The first-order chi connectivity index (χ1) is 8.76. The molecule has 0 fully saturated rings. The van der Waals surface area contributed by atoms with Crippen LogP contribution in [0.3, 0.4) is 0 Å². The number of carbonyl (C=O) groups excluding carboxylic acids is 1. The van der Waals surface area contributed by atoms with Crippen molar-refractivity contribution in [3.63, 3.8) is 0 Å². The van der Waals surface area contributed by atoms with Crippen molar-refractivity contribution in [3.05, 3.63) is 51.7 Å². The molecule has 0 saturated heterocycles. The van der Waals surface area contributed by atoms with Crippen molar-refractivity contribution in [1.82, 2.24) is 0 Å². The number of ether oxygens (including phenoxy) is 1. The topological polar surface area (TPSA) is 26.3 Å². The molecule has 0 aliphatic rings. The lowest BCUT2D eigenvalue weighted by Crippen LogP contribution is -2.01. The van der Waals surface area contributed by atoms with Crippen LogP contribution in [0.25, 0.3) is 0 Å². The zero-order valence-corrected chi connectivity index (χ0v) is 11.4. The van der Waals surface area contributed by atoms with Crippen LogP contribution in [0.5, 0.6) is 5.75 Å². The van der Waals surface area contributed by atoms with Crippen molar-refractivity contribution < 1.29 is 9.53 Å². The monoisotopic (exact) mass is 260 g/mol. The maximum absolute atomic E-state index is 12.4. The summed E-state index contributed by atoms with van der Waals surface area (Å²) >= 11 is 1.42. The van der Waals surface area contributed by atoms with Gasteiger partial charge in [0.1, 0.15) is 10.6 Å². The number of hydrogen-bond donors (Lipinski definition) is 0. The summed E-state index contributed by atoms with van der Waals surface area (Å²) in [5.41, 5.74) is 1.94. The van der Waals surface area contributed by atoms with Gasteiger partial charge in [-0.15, -0.1) is 11.3 Å². The summed E-state index contributed by atoms with van der Waals surface area (Å²) in [5.74, 6) is 0.700. The maximum atomic E-state index is 12.4. The molecule has 0 amide bonds. The number of ketones is 1. The van der Waals surface area contributed by atoms with Crippen LogP contribution in [0.15, 0.2) is 35.7 Å². The molecule has 18 heavy (non-hydrogen) atoms. The molecule has 0 unspecified atom stereocenters. The minimum Gasteiger partial charge on any atom is -0.495 e. The Morgan fingerprint density at radius 3 is 2.89 bits per heavy atom. The molecule has 2 rings (SSSR count). The number of carbonyl (C=O) groups is 1. The number of rotatable bonds is 5. The molecule has 0 saturated carbocycles. The summed E-state index contributed by atoms with van der Waals surface area (Å²) in [5, 5.41) is 1.88. The first-order valence-electron chi connectivity index (χ1n) is 6.01. The number of thiophene rings is 1. The highest BCUT2D eigenvalue weighted by molar-refractivity contribution is 7.12. The smallest absolute Gasteiger partial charge is 0.206 e. The van der Waals surface area contributed by atoms with E-state index in [9.17, 15) is 4.79 Å². The Kier molecular flexibility index (Phi) is 4.15. The molecule has 0 aliphatic heterocycles. The largest absolute Gasteiger partial charge is 0.495 e. The lowest BCUT2D eigenvalue weighted by atomic mass is 10.0. The van der Waals surface area contributed by atoms with Gasteiger partial charge < -0.3 is 4.74 Å². The van der Waals surface area contributed by atoms with Gasteiger partial charge in [-0.05, 0) is 29.5 Å². The quantitative estimate of drug-likeness (QED) is 0.761. The lowest BCUT2D eigenvalue weighted by molar-refractivity contribution is 0.104. The molecule has 1 aromatic carbocycles. The van der Waals surface area contributed by atoms with Gasteiger partial charge in [-0.2, -0.15) is 0 Å². The van der Waals surface area contributed by atoms with Crippen LogP contribution < -0.4 is 4.74 Å². The molecule has 2 nitrogen and oxygen atoms in total. The van der Waals surface area contributed by atoms with E-state index in [1.807, 2.05) is 29.6 Å². The molecule has 94 valence electrons. The van der Waals surface area contributed by atoms with E-state index >= 15 is 0 Å². The predicted octanol–water partition coefficient (Wildman–Crippen LogP) is 3.94. The van der Waals surface area contributed by atoms with Gasteiger partial charge in [0, 0.05) is 5.56 Å². The molecule has 3 heteroatoms. The van der Waals surface area contributed by atoms with E-state index in [2.05, 4.69) is 13.0 Å². The van der Waals surface area contributed by atoms with Crippen LogP contribution in [-0.2, 0) is 6.42 Å². The summed E-state index contributed by atoms with van der Waals surface area (Å²) in [6.45, 7) is 2.14. The molecule has 1 aromatic heterocycles. The second-order valence-electron chi connectivity index (χ2n) is 4.10. The van der Waals surface area contributed by atoms with Gasteiger partial charge in [-0.25, -0.2) is 0 Å². The molecule has 0 N–H and O–H groups in total. The van der Waals surface area contributed by atoms with Gasteiger partial charge in [-0.3, -0.25) is 4.79 Å². The van der Waals surface area contributed by atoms with Crippen LogP contribution >= 0.6 is 11.3 Å². The van der Waals surface area contributed by atoms with Gasteiger partial charge in [-0.1, -0.05) is 31.5 Å². The molecule has 0 atom stereocenters. The fourth-order valence-electron chi connectivity index (χ4n) is 1.91. The van der Waals surface area contributed by atoms with E-state index in [1.165, 1.54) is 16.9 Å². The van der Waals surface area contributed by atoms with Crippen LogP contribution in [-0.4, -0.2) is 12.9 Å². The van der Waals surface area contributed by atoms with Crippen LogP contribution in [0.2, 0.25) is 0 Å². The van der Waals surface area contributed by atoms with Gasteiger partial charge >= 0.3 is 0 Å². The number of methoxy groups -OCH3 is 1. The maximum Gasteiger partial charge on any atom is 0.206 e. The zero-order chi connectivity index (χ0) is 13.0. The van der Waals surface area contributed by atoms with E-state index < -0.39 is 0 Å². The first kappa shape index (κ1) is 12.8. The second-order valence-corrected chi connectivity index (χ2v) is 5.01. The Hall–Kier alpha value is -1.61. The normalized spacial score (nSPS) is 10.3. The highest BCUT2D eigenvalue weighted by Gasteiger charge is 2.15. The summed E-state index contributed by atoms with van der Waals surface area (Å²) in [6.07, 6.45) is 2.09. The Bertz CT molecular complexity index is 543. The van der Waals surface area contributed by atoms with Crippen molar-refractivity contribution >= 4 is 17.1 Å². The number of aryl methyl sites for hydroxylation is 1. The minimum atomic E-state index is 0.0415. The van der Waals surface area contributed by atoms with E-state index in [-0.39, 0.29) is 5.78 Å². The summed E-state index contributed by atoms with van der Waals surface area (Å²) in [7, 11) is 1.59. The SMILES string of the molecule is CCCc1cccc(C(=O)c2sccc2OC)c1. The summed E-state index contributed by atoms with van der Waals surface area (Å²) in [6, 6.07) is 9.67. The summed E-state index contributed by atoms with van der Waals surface area (Å²) in [4.78, 5) is 13.0. The van der Waals surface area contributed by atoms with Crippen LogP contribution in [0.1, 0.15) is 34.1 Å². The Morgan fingerprint density at radius 2 is 2.17 bits per heavy atom. The van der Waals surface area contributed by atoms with Crippen LogP contribution in [0, 0.1) is 0 Å². The van der Waals surface area contributed by atoms with E-state index in [4.69, 9.17) is 4.74 Å². The molecule has 0 aliphatic carbocycles. The molecular weight excluding hydrogens is 244 g/mol. The molecular formula is C15H16O2S. The Balaban J connectivity index is 2.31. The van der Waals surface area contributed by atoms with Gasteiger partial charge in [0.15, 0.2) is 0 Å². The first-order valence-corrected chi connectivity index (χ1v) is 6.89. The molecule has 0 radical (unpaired) electrons. The third kappa shape index (κ3) is 2.62. The predicted molar refractivity (Wildman–Crippen MR) is 74.7 cm³/mol. The molecule has 0 spiro atoms. The van der Waals surface area contributed by atoms with Crippen molar-refractivity contribution in [2.45, 2.75) is 19.8 Å². The van der Waals surface area contributed by atoms with Crippen molar-refractivity contribution in [2.24, 2.45) is 0 Å². The standard InChI is InChI=1S/C15H16O2S/c1-3-5-11-6-4-7-12(10-11)14(16)15-13(17-2)8-9-18-15/h4,6-10H,3,5H2,1-2H3. The minimum absolute atomic E-state index is 0.0415. The van der Waals surface area contributed by atoms with Gasteiger partial charge in [0.2, 0.25) is 5.78 Å². The van der Waals surface area contributed by atoms with Gasteiger partial charge in [0.25, 0.3) is 0 Å². The fourth-order valence-corrected chi connectivity index (χ4v) is 2.73. The molecule has 1 heterocycles. The number of hydrogen-bond acceptors (Lipinski definition) is 3. The van der Waals surface area contributed by atoms with E-state index in [0.29, 0.717) is 10.6 Å². The van der Waals surface area contributed by atoms with Gasteiger partial charge in [0.05, 0.1) is 7.11 Å². The highest BCUT2D eigenvalue weighted by atomic mass is 32.1. The van der Waals surface area contributed by atoms with Crippen molar-refractivity contribution in [1.29, 1.82) is 0 Å². The molecule has 2 aromatic rings.